The molecule has 0 spiro atoms. The first-order valence-electron chi connectivity index (χ1n) is 5.94. The smallest absolute Gasteiger partial charge is 0.244 e. The molecular formula is C12H17BrN2O2S. The fourth-order valence-electron chi connectivity index (χ4n) is 2.07. The molecule has 0 aromatic heterocycles. The summed E-state index contributed by atoms with van der Waals surface area (Å²) < 4.78 is 27.2. The zero-order valence-electron chi connectivity index (χ0n) is 10.3. The highest BCUT2D eigenvalue weighted by Crippen LogP contribution is 2.29. The standard InChI is InChI=1S/C12H17BrN2O2S/c1-9-3-2-4-11(12(9)13)18(16,17)15-7-5-10(14)6-8-15/h2-4,10H,5-8,14H2,1H3. The Labute approximate surface area is 116 Å². The largest absolute Gasteiger partial charge is 0.328 e. The molecular weight excluding hydrogens is 316 g/mol. The quantitative estimate of drug-likeness (QED) is 0.899. The van der Waals surface area contributed by atoms with E-state index in [0.717, 1.165) is 18.4 Å². The van der Waals surface area contributed by atoms with E-state index in [4.69, 9.17) is 5.73 Å². The second-order valence-electron chi connectivity index (χ2n) is 4.63. The zero-order valence-corrected chi connectivity index (χ0v) is 12.7. The van der Waals surface area contributed by atoms with Crippen LogP contribution in [0, 0.1) is 6.92 Å². The number of benzene rings is 1. The molecule has 18 heavy (non-hydrogen) atoms. The van der Waals surface area contributed by atoms with Crippen LogP contribution in [0.2, 0.25) is 0 Å². The second kappa shape index (κ2) is 5.28. The summed E-state index contributed by atoms with van der Waals surface area (Å²) >= 11 is 3.36. The van der Waals surface area contributed by atoms with Crippen molar-refractivity contribution in [1.82, 2.24) is 4.31 Å². The third-order valence-electron chi connectivity index (χ3n) is 3.27. The van der Waals surface area contributed by atoms with Gasteiger partial charge in [0.05, 0.1) is 4.90 Å². The minimum absolute atomic E-state index is 0.123. The molecule has 2 N–H and O–H groups in total. The normalized spacial score (nSPS) is 19.1. The van der Waals surface area contributed by atoms with Crippen molar-refractivity contribution in [1.29, 1.82) is 0 Å². The van der Waals surface area contributed by atoms with Crippen molar-refractivity contribution in [3.05, 3.63) is 28.2 Å². The van der Waals surface area contributed by atoms with Crippen molar-refractivity contribution in [2.24, 2.45) is 5.73 Å². The van der Waals surface area contributed by atoms with Gasteiger partial charge >= 0.3 is 0 Å². The molecule has 0 amide bonds. The molecule has 4 nitrogen and oxygen atoms in total. The maximum atomic E-state index is 12.5. The molecule has 100 valence electrons. The van der Waals surface area contributed by atoms with Crippen LogP contribution in [0.1, 0.15) is 18.4 Å². The van der Waals surface area contributed by atoms with Gasteiger partial charge in [0.25, 0.3) is 0 Å². The van der Waals surface area contributed by atoms with E-state index in [2.05, 4.69) is 15.9 Å². The second-order valence-corrected chi connectivity index (χ2v) is 7.33. The van der Waals surface area contributed by atoms with Crippen LogP contribution in [-0.2, 0) is 10.0 Å². The van der Waals surface area contributed by atoms with E-state index in [0.29, 0.717) is 22.5 Å². The number of rotatable bonds is 2. The lowest BCUT2D eigenvalue weighted by atomic mass is 10.1. The summed E-state index contributed by atoms with van der Waals surface area (Å²) in [5.74, 6) is 0. The summed E-state index contributed by atoms with van der Waals surface area (Å²) in [7, 11) is -3.41. The lowest BCUT2D eigenvalue weighted by Gasteiger charge is -2.29. The molecule has 1 heterocycles. The Morgan fingerprint density at radius 3 is 2.56 bits per heavy atom. The molecule has 1 aromatic rings. The molecule has 0 aliphatic carbocycles. The molecule has 1 saturated heterocycles. The Kier molecular flexibility index (Phi) is 4.11. The van der Waals surface area contributed by atoms with Crippen LogP contribution in [0.4, 0.5) is 0 Å². The molecule has 6 heteroatoms. The van der Waals surface area contributed by atoms with E-state index in [-0.39, 0.29) is 6.04 Å². The molecule has 0 unspecified atom stereocenters. The molecule has 1 fully saturated rings. The van der Waals surface area contributed by atoms with Gasteiger partial charge in [-0.2, -0.15) is 4.31 Å². The van der Waals surface area contributed by atoms with Crippen molar-refractivity contribution in [2.45, 2.75) is 30.7 Å². The van der Waals surface area contributed by atoms with Crippen LogP contribution < -0.4 is 5.73 Å². The lowest BCUT2D eigenvalue weighted by Crippen LogP contribution is -2.42. The van der Waals surface area contributed by atoms with Gasteiger partial charge in [0.15, 0.2) is 0 Å². The number of halogens is 1. The Morgan fingerprint density at radius 2 is 1.94 bits per heavy atom. The first-order chi connectivity index (χ1) is 8.43. The van der Waals surface area contributed by atoms with Crippen molar-refractivity contribution < 1.29 is 8.42 Å². The number of hydrogen-bond acceptors (Lipinski definition) is 3. The molecule has 2 rings (SSSR count). The van der Waals surface area contributed by atoms with E-state index in [1.54, 1.807) is 12.1 Å². The molecule has 0 atom stereocenters. The highest BCUT2D eigenvalue weighted by molar-refractivity contribution is 9.10. The average Bonchev–Trinajstić information content (AvgIpc) is 2.33. The summed E-state index contributed by atoms with van der Waals surface area (Å²) in [4.78, 5) is 0.345. The Balaban J connectivity index is 2.34. The number of nitrogens with two attached hydrogens (primary N) is 1. The molecule has 1 aliphatic rings. The molecule has 0 radical (unpaired) electrons. The summed E-state index contributed by atoms with van der Waals surface area (Å²) in [5, 5.41) is 0. The van der Waals surface area contributed by atoms with Crippen LogP contribution in [0.15, 0.2) is 27.6 Å². The number of nitrogens with zero attached hydrogens (tertiary/aromatic N) is 1. The summed E-state index contributed by atoms with van der Waals surface area (Å²) in [6, 6.07) is 5.41. The van der Waals surface area contributed by atoms with Gasteiger partial charge in [0.2, 0.25) is 10.0 Å². The van der Waals surface area contributed by atoms with Crippen molar-refractivity contribution in [3.63, 3.8) is 0 Å². The van der Waals surface area contributed by atoms with E-state index in [1.165, 1.54) is 4.31 Å². The SMILES string of the molecule is Cc1cccc(S(=O)(=O)N2CCC(N)CC2)c1Br. The fraction of sp³-hybridized carbons (Fsp3) is 0.500. The Hall–Kier alpha value is -0.430. The van der Waals surface area contributed by atoms with Gasteiger partial charge in [-0.3, -0.25) is 0 Å². The Morgan fingerprint density at radius 1 is 1.33 bits per heavy atom. The minimum Gasteiger partial charge on any atom is -0.328 e. The van der Waals surface area contributed by atoms with Crippen LogP contribution in [0.25, 0.3) is 0 Å². The predicted molar refractivity (Wildman–Crippen MR) is 74.8 cm³/mol. The van der Waals surface area contributed by atoms with Gasteiger partial charge in [0.1, 0.15) is 0 Å². The van der Waals surface area contributed by atoms with Gasteiger partial charge in [0, 0.05) is 23.6 Å². The highest BCUT2D eigenvalue weighted by Gasteiger charge is 2.29. The number of hydrogen-bond donors (Lipinski definition) is 1. The number of aryl methyl sites for hydroxylation is 1. The third-order valence-corrected chi connectivity index (χ3v) is 6.53. The third kappa shape index (κ3) is 2.61. The number of piperidine rings is 1. The maximum absolute atomic E-state index is 12.5. The topological polar surface area (TPSA) is 63.4 Å². The summed E-state index contributed by atoms with van der Waals surface area (Å²) in [5.41, 5.74) is 6.72. The first kappa shape index (κ1) is 14.0. The van der Waals surface area contributed by atoms with Gasteiger partial charge < -0.3 is 5.73 Å². The average molecular weight is 333 g/mol. The van der Waals surface area contributed by atoms with Crippen molar-refractivity contribution in [2.75, 3.05) is 13.1 Å². The highest BCUT2D eigenvalue weighted by atomic mass is 79.9. The van der Waals surface area contributed by atoms with Crippen molar-refractivity contribution >= 4 is 26.0 Å². The molecule has 0 saturated carbocycles. The first-order valence-corrected chi connectivity index (χ1v) is 8.17. The van der Waals surface area contributed by atoms with Crippen LogP contribution >= 0.6 is 15.9 Å². The Bertz CT molecular complexity index is 537. The monoisotopic (exact) mass is 332 g/mol. The zero-order chi connectivity index (χ0) is 13.3. The minimum atomic E-state index is -3.41. The van der Waals surface area contributed by atoms with Gasteiger partial charge in [-0.05, 0) is 47.3 Å². The summed E-state index contributed by atoms with van der Waals surface area (Å²) in [6.45, 7) is 2.89. The van der Waals surface area contributed by atoms with Gasteiger partial charge in [-0.1, -0.05) is 12.1 Å². The molecule has 0 bridgehead atoms. The van der Waals surface area contributed by atoms with Crippen LogP contribution in [0.5, 0.6) is 0 Å². The maximum Gasteiger partial charge on any atom is 0.244 e. The predicted octanol–water partition coefficient (Wildman–Crippen LogP) is 1.87. The van der Waals surface area contributed by atoms with Gasteiger partial charge in [-0.15, -0.1) is 0 Å². The summed E-state index contributed by atoms with van der Waals surface area (Å²) in [6.07, 6.45) is 1.45. The van der Waals surface area contributed by atoms with E-state index >= 15 is 0 Å². The van der Waals surface area contributed by atoms with Crippen molar-refractivity contribution in [3.8, 4) is 0 Å². The number of sulfonamides is 1. The van der Waals surface area contributed by atoms with E-state index < -0.39 is 10.0 Å². The van der Waals surface area contributed by atoms with Crippen LogP contribution in [-0.4, -0.2) is 31.9 Å². The van der Waals surface area contributed by atoms with Gasteiger partial charge in [-0.25, -0.2) is 8.42 Å². The lowest BCUT2D eigenvalue weighted by molar-refractivity contribution is 0.320. The van der Waals surface area contributed by atoms with Crippen LogP contribution in [0.3, 0.4) is 0 Å². The van der Waals surface area contributed by atoms with E-state index in [9.17, 15) is 8.42 Å². The fourth-order valence-corrected chi connectivity index (χ4v) is 4.56. The molecule has 1 aliphatic heterocycles. The van der Waals surface area contributed by atoms with E-state index in [1.807, 2.05) is 13.0 Å². The molecule has 1 aromatic carbocycles.